The molecular formula is C16H16FNO. The number of rotatable bonds is 3. The second-order valence-corrected chi connectivity index (χ2v) is 4.37. The number of oxime groups is 1. The highest BCUT2D eigenvalue weighted by Crippen LogP contribution is 2.27. The lowest BCUT2D eigenvalue weighted by molar-refractivity contribution is 0.213. The zero-order valence-corrected chi connectivity index (χ0v) is 11.3. The minimum Gasteiger partial charge on any atom is -0.399 e. The number of halogens is 1. The van der Waals surface area contributed by atoms with E-state index in [1.165, 1.54) is 19.2 Å². The smallest absolute Gasteiger partial charge is 0.123 e. The number of benzene rings is 2. The first-order chi connectivity index (χ1) is 9.13. The Labute approximate surface area is 112 Å². The number of nitrogens with zero attached hydrogens (tertiary/aromatic N) is 1. The number of aryl methyl sites for hydroxylation is 1. The quantitative estimate of drug-likeness (QED) is 0.597. The van der Waals surface area contributed by atoms with Crippen molar-refractivity contribution in [2.24, 2.45) is 5.16 Å². The van der Waals surface area contributed by atoms with E-state index in [1.807, 2.05) is 38.1 Å². The lowest BCUT2D eigenvalue weighted by Gasteiger charge is -2.12. The summed E-state index contributed by atoms with van der Waals surface area (Å²) in [7, 11) is 1.52. The highest BCUT2D eigenvalue weighted by atomic mass is 19.1. The molecule has 98 valence electrons. The SMILES string of the molecule is CO/N=C(\C)c1c(C)cccc1-c1cccc(F)c1. The Morgan fingerprint density at radius 3 is 2.58 bits per heavy atom. The summed E-state index contributed by atoms with van der Waals surface area (Å²) in [6.07, 6.45) is 0. The van der Waals surface area contributed by atoms with Gasteiger partial charge in [0.2, 0.25) is 0 Å². The van der Waals surface area contributed by atoms with Crippen LogP contribution in [-0.4, -0.2) is 12.8 Å². The Hall–Kier alpha value is -2.16. The van der Waals surface area contributed by atoms with Gasteiger partial charge < -0.3 is 4.84 Å². The summed E-state index contributed by atoms with van der Waals surface area (Å²) in [4.78, 5) is 4.84. The van der Waals surface area contributed by atoms with Crippen LogP contribution in [0.5, 0.6) is 0 Å². The fraction of sp³-hybridized carbons (Fsp3) is 0.188. The fourth-order valence-electron chi connectivity index (χ4n) is 2.23. The van der Waals surface area contributed by atoms with Crippen LogP contribution in [0, 0.1) is 12.7 Å². The van der Waals surface area contributed by atoms with Crippen LogP contribution in [0.2, 0.25) is 0 Å². The number of hydrogen-bond donors (Lipinski definition) is 0. The summed E-state index contributed by atoms with van der Waals surface area (Å²) in [6, 6.07) is 12.5. The molecule has 0 fully saturated rings. The predicted molar refractivity (Wildman–Crippen MR) is 75.8 cm³/mol. The van der Waals surface area contributed by atoms with Crippen molar-refractivity contribution < 1.29 is 9.23 Å². The van der Waals surface area contributed by atoms with Crippen LogP contribution in [0.1, 0.15) is 18.1 Å². The molecule has 0 atom stereocenters. The molecule has 0 amide bonds. The molecule has 0 aliphatic carbocycles. The Balaban J connectivity index is 2.64. The molecule has 0 saturated heterocycles. The van der Waals surface area contributed by atoms with Crippen molar-refractivity contribution in [1.29, 1.82) is 0 Å². The predicted octanol–water partition coefficient (Wildman–Crippen LogP) is 4.17. The molecule has 2 aromatic carbocycles. The standard InChI is InChI=1S/C16H16FNO/c1-11-6-4-9-15(16(11)12(2)18-19-3)13-7-5-8-14(17)10-13/h4-10H,1-3H3/b18-12+. The van der Waals surface area contributed by atoms with E-state index < -0.39 is 0 Å². The van der Waals surface area contributed by atoms with Gasteiger partial charge in [0, 0.05) is 5.56 Å². The minimum atomic E-state index is -0.244. The first-order valence-electron chi connectivity index (χ1n) is 6.07. The molecule has 2 nitrogen and oxygen atoms in total. The second kappa shape index (κ2) is 5.65. The molecule has 3 heteroatoms. The van der Waals surface area contributed by atoms with Crippen LogP contribution in [0.3, 0.4) is 0 Å². The van der Waals surface area contributed by atoms with Gasteiger partial charge in [-0.1, -0.05) is 35.5 Å². The van der Waals surface area contributed by atoms with Gasteiger partial charge in [-0.15, -0.1) is 0 Å². The summed E-state index contributed by atoms with van der Waals surface area (Å²) in [5, 5.41) is 3.99. The molecular weight excluding hydrogens is 241 g/mol. The molecule has 0 bridgehead atoms. The molecule has 19 heavy (non-hydrogen) atoms. The molecule has 0 unspecified atom stereocenters. The fourth-order valence-corrected chi connectivity index (χ4v) is 2.23. The molecule has 2 rings (SSSR count). The van der Waals surface area contributed by atoms with Gasteiger partial charge in [0.05, 0.1) is 5.71 Å². The van der Waals surface area contributed by atoms with Crippen molar-refractivity contribution in [1.82, 2.24) is 0 Å². The first-order valence-corrected chi connectivity index (χ1v) is 6.07. The van der Waals surface area contributed by atoms with E-state index in [0.29, 0.717) is 0 Å². The van der Waals surface area contributed by atoms with Crippen LogP contribution < -0.4 is 0 Å². The molecule has 2 aromatic rings. The average Bonchev–Trinajstić information content (AvgIpc) is 2.38. The van der Waals surface area contributed by atoms with E-state index in [2.05, 4.69) is 5.16 Å². The molecule has 0 spiro atoms. The normalized spacial score (nSPS) is 11.5. The lowest BCUT2D eigenvalue weighted by Crippen LogP contribution is -2.02. The monoisotopic (exact) mass is 257 g/mol. The summed E-state index contributed by atoms with van der Waals surface area (Å²) in [5.41, 5.74) is 4.64. The van der Waals surface area contributed by atoms with E-state index >= 15 is 0 Å². The van der Waals surface area contributed by atoms with Gasteiger partial charge in [-0.05, 0) is 42.7 Å². The maximum atomic E-state index is 13.4. The van der Waals surface area contributed by atoms with Gasteiger partial charge in [0.1, 0.15) is 12.9 Å². The van der Waals surface area contributed by atoms with Crippen molar-refractivity contribution in [3.8, 4) is 11.1 Å². The van der Waals surface area contributed by atoms with Crippen molar-refractivity contribution in [3.63, 3.8) is 0 Å². The minimum absolute atomic E-state index is 0.244. The molecule has 0 saturated carbocycles. The summed E-state index contributed by atoms with van der Waals surface area (Å²) >= 11 is 0. The van der Waals surface area contributed by atoms with E-state index in [1.54, 1.807) is 6.07 Å². The molecule has 0 heterocycles. The van der Waals surface area contributed by atoms with E-state index in [9.17, 15) is 4.39 Å². The highest BCUT2D eigenvalue weighted by Gasteiger charge is 2.11. The summed E-state index contributed by atoms with van der Waals surface area (Å²) < 4.78 is 13.4. The Kier molecular flexibility index (Phi) is 3.95. The van der Waals surface area contributed by atoms with Gasteiger partial charge in [-0.25, -0.2) is 4.39 Å². The van der Waals surface area contributed by atoms with Crippen LogP contribution >= 0.6 is 0 Å². The molecule has 0 aliphatic heterocycles. The average molecular weight is 257 g/mol. The zero-order chi connectivity index (χ0) is 13.8. The molecule has 0 radical (unpaired) electrons. The van der Waals surface area contributed by atoms with Gasteiger partial charge >= 0.3 is 0 Å². The van der Waals surface area contributed by atoms with E-state index in [0.717, 1.165) is 28.0 Å². The zero-order valence-electron chi connectivity index (χ0n) is 11.3. The third-order valence-corrected chi connectivity index (χ3v) is 3.00. The van der Waals surface area contributed by atoms with Crippen molar-refractivity contribution in [2.45, 2.75) is 13.8 Å². The summed E-state index contributed by atoms with van der Waals surface area (Å²) in [6.45, 7) is 3.89. The Morgan fingerprint density at radius 1 is 1.16 bits per heavy atom. The maximum absolute atomic E-state index is 13.4. The maximum Gasteiger partial charge on any atom is 0.123 e. The van der Waals surface area contributed by atoms with Crippen LogP contribution in [-0.2, 0) is 4.84 Å². The Bertz CT molecular complexity index is 620. The number of hydrogen-bond acceptors (Lipinski definition) is 2. The lowest BCUT2D eigenvalue weighted by atomic mass is 9.93. The topological polar surface area (TPSA) is 21.6 Å². The van der Waals surface area contributed by atoms with Crippen molar-refractivity contribution >= 4 is 5.71 Å². The third-order valence-electron chi connectivity index (χ3n) is 3.00. The van der Waals surface area contributed by atoms with E-state index in [-0.39, 0.29) is 5.82 Å². The molecule has 0 aliphatic rings. The Morgan fingerprint density at radius 2 is 1.89 bits per heavy atom. The van der Waals surface area contributed by atoms with Gasteiger partial charge in [0.15, 0.2) is 0 Å². The van der Waals surface area contributed by atoms with E-state index in [4.69, 9.17) is 4.84 Å². The van der Waals surface area contributed by atoms with Crippen LogP contribution in [0.4, 0.5) is 4.39 Å². The van der Waals surface area contributed by atoms with Crippen molar-refractivity contribution in [2.75, 3.05) is 7.11 Å². The largest absolute Gasteiger partial charge is 0.399 e. The second-order valence-electron chi connectivity index (χ2n) is 4.37. The van der Waals surface area contributed by atoms with Gasteiger partial charge in [-0.2, -0.15) is 0 Å². The third kappa shape index (κ3) is 2.81. The van der Waals surface area contributed by atoms with Crippen molar-refractivity contribution in [3.05, 3.63) is 59.4 Å². The summed E-state index contributed by atoms with van der Waals surface area (Å²) in [5.74, 6) is -0.244. The first kappa shape index (κ1) is 13.3. The van der Waals surface area contributed by atoms with Crippen LogP contribution in [0.15, 0.2) is 47.6 Å². The highest BCUT2D eigenvalue weighted by molar-refractivity contribution is 6.05. The molecule has 0 N–H and O–H groups in total. The van der Waals surface area contributed by atoms with Gasteiger partial charge in [-0.3, -0.25) is 0 Å². The van der Waals surface area contributed by atoms with Gasteiger partial charge in [0.25, 0.3) is 0 Å². The van der Waals surface area contributed by atoms with Crippen LogP contribution in [0.25, 0.3) is 11.1 Å². The molecule has 0 aromatic heterocycles.